The molecule has 0 saturated heterocycles. The lowest BCUT2D eigenvalue weighted by Crippen LogP contribution is -2.26. The van der Waals surface area contributed by atoms with Crippen molar-refractivity contribution < 1.29 is 18.0 Å². The van der Waals surface area contributed by atoms with Crippen molar-refractivity contribution in [3.63, 3.8) is 0 Å². The maximum atomic E-state index is 13.0. The minimum Gasteiger partial charge on any atom is -0.370 e. The number of hydrogen-bond acceptors (Lipinski definition) is 6. The summed E-state index contributed by atoms with van der Waals surface area (Å²) in [5, 5.41) is 3.19. The Kier molecular flexibility index (Phi) is 5.91. The average Bonchev–Trinajstić information content (AvgIpc) is 3.39. The van der Waals surface area contributed by atoms with E-state index in [9.17, 15) is 18.0 Å². The SMILES string of the molecule is CCNc1ncccc1-c1ncc2c(n1)N(Cc1ccc(-c3nc(C(F)(F)F)cn3C)cc1)C(=O)C2. The molecule has 1 N–H and O–H groups in total. The van der Waals surface area contributed by atoms with Crippen LogP contribution in [0.5, 0.6) is 0 Å². The minimum atomic E-state index is -4.51. The third kappa shape index (κ3) is 4.39. The van der Waals surface area contributed by atoms with Crippen molar-refractivity contribution in [1.82, 2.24) is 24.5 Å². The Hall–Kier alpha value is -4.28. The van der Waals surface area contributed by atoms with Crippen LogP contribution in [0.4, 0.5) is 24.8 Å². The summed E-state index contributed by atoms with van der Waals surface area (Å²) in [7, 11) is 1.52. The van der Waals surface area contributed by atoms with Crippen LogP contribution in [0.25, 0.3) is 22.8 Å². The summed E-state index contributed by atoms with van der Waals surface area (Å²) in [5.74, 6) is 1.77. The summed E-state index contributed by atoms with van der Waals surface area (Å²) in [5.41, 5.74) is 1.88. The zero-order valence-corrected chi connectivity index (χ0v) is 19.5. The molecule has 0 aliphatic carbocycles. The molecule has 1 aliphatic rings. The molecule has 5 rings (SSSR count). The summed E-state index contributed by atoms with van der Waals surface area (Å²) < 4.78 is 40.4. The molecule has 0 unspecified atom stereocenters. The molecule has 0 radical (unpaired) electrons. The Balaban J connectivity index is 1.41. The summed E-state index contributed by atoms with van der Waals surface area (Å²) in [4.78, 5) is 31.6. The molecule has 0 fully saturated rings. The van der Waals surface area contributed by atoms with E-state index in [2.05, 4.69) is 20.3 Å². The van der Waals surface area contributed by atoms with Gasteiger partial charge in [-0.3, -0.25) is 9.69 Å². The van der Waals surface area contributed by atoms with E-state index in [0.717, 1.165) is 22.9 Å². The van der Waals surface area contributed by atoms with Gasteiger partial charge in [0.05, 0.1) is 18.5 Å². The molecule has 4 heterocycles. The third-order valence-electron chi connectivity index (χ3n) is 5.85. The first-order chi connectivity index (χ1) is 17.2. The number of amides is 1. The van der Waals surface area contributed by atoms with Crippen LogP contribution in [-0.2, 0) is 31.0 Å². The molecular weight excluding hydrogens is 471 g/mol. The number of carbonyl (C=O) groups excluding carboxylic acids is 1. The normalized spacial score (nSPS) is 13.2. The number of carbonyl (C=O) groups is 1. The number of benzene rings is 1. The molecule has 0 atom stereocenters. The van der Waals surface area contributed by atoms with Gasteiger partial charge in [0.25, 0.3) is 0 Å². The van der Waals surface area contributed by atoms with Crippen LogP contribution in [0.15, 0.2) is 55.0 Å². The van der Waals surface area contributed by atoms with Crippen LogP contribution in [0, 0.1) is 0 Å². The van der Waals surface area contributed by atoms with E-state index in [-0.39, 0.29) is 24.7 Å². The molecule has 0 saturated carbocycles. The summed E-state index contributed by atoms with van der Waals surface area (Å²) >= 11 is 0. The average molecular weight is 493 g/mol. The largest absolute Gasteiger partial charge is 0.434 e. The van der Waals surface area contributed by atoms with Crippen LogP contribution in [0.1, 0.15) is 23.7 Å². The Labute approximate surface area is 204 Å². The van der Waals surface area contributed by atoms with Gasteiger partial charge >= 0.3 is 6.18 Å². The van der Waals surface area contributed by atoms with Gasteiger partial charge in [0.2, 0.25) is 5.91 Å². The van der Waals surface area contributed by atoms with E-state index in [1.165, 1.54) is 11.6 Å². The number of nitrogens with zero attached hydrogens (tertiary/aromatic N) is 6. The molecule has 36 heavy (non-hydrogen) atoms. The molecule has 0 bridgehead atoms. The van der Waals surface area contributed by atoms with Gasteiger partial charge in [-0.1, -0.05) is 24.3 Å². The summed E-state index contributed by atoms with van der Waals surface area (Å²) in [6, 6.07) is 10.6. The predicted octanol–water partition coefficient (Wildman–Crippen LogP) is 4.48. The smallest absolute Gasteiger partial charge is 0.370 e. The van der Waals surface area contributed by atoms with Gasteiger partial charge in [-0.2, -0.15) is 13.2 Å². The lowest BCUT2D eigenvalue weighted by atomic mass is 10.1. The van der Waals surface area contributed by atoms with E-state index in [1.807, 2.05) is 13.0 Å². The predicted molar refractivity (Wildman–Crippen MR) is 128 cm³/mol. The van der Waals surface area contributed by atoms with Gasteiger partial charge in [-0.25, -0.2) is 19.9 Å². The molecule has 184 valence electrons. The van der Waals surface area contributed by atoms with Crippen LogP contribution >= 0.6 is 0 Å². The van der Waals surface area contributed by atoms with Crippen molar-refractivity contribution in [2.24, 2.45) is 7.05 Å². The highest BCUT2D eigenvalue weighted by Crippen LogP contribution is 2.33. The van der Waals surface area contributed by atoms with Gasteiger partial charge in [0.1, 0.15) is 17.5 Å². The number of hydrogen-bond donors (Lipinski definition) is 1. The van der Waals surface area contributed by atoms with E-state index in [1.54, 1.807) is 47.6 Å². The fourth-order valence-electron chi connectivity index (χ4n) is 4.13. The maximum absolute atomic E-state index is 13.0. The first-order valence-electron chi connectivity index (χ1n) is 11.3. The number of imidazole rings is 1. The van der Waals surface area contributed by atoms with E-state index >= 15 is 0 Å². The highest BCUT2D eigenvalue weighted by molar-refractivity contribution is 6.00. The zero-order chi connectivity index (χ0) is 25.4. The monoisotopic (exact) mass is 493 g/mol. The van der Waals surface area contributed by atoms with Gasteiger partial charge in [0.15, 0.2) is 11.5 Å². The molecular formula is C25H22F3N7O. The minimum absolute atomic E-state index is 0.0995. The number of fused-ring (bicyclic) bond motifs is 1. The molecule has 3 aromatic heterocycles. The van der Waals surface area contributed by atoms with Gasteiger partial charge < -0.3 is 9.88 Å². The molecule has 0 spiro atoms. The quantitative estimate of drug-likeness (QED) is 0.426. The highest BCUT2D eigenvalue weighted by Gasteiger charge is 2.34. The molecule has 1 amide bonds. The molecule has 11 heteroatoms. The Morgan fingerprint density at radius 3 is 2.56 bits per heavy atom. The number of alkyl halides is 3. The Morgan fingerprint density at radius 2 is 1.86 bits per heavy atom. The number of halogens is 3. The molecule has 1 aromatic carbocycles. The lowest BCUT2D eigenvalue weighted by molar-refractivity contribution is -0.140. The second kappa shape index (κ2) is 9.06. The zero-order valence-electron chi connectivity index (χ0n) is 19.5. The van der Waals surface area contributed by atoms with E-state index < -0.39 is 11.9 Å². The molecule has 8 nitrogen and oxygen atoms in total. The van der Waals surface area contributed by atoms with Crippen molar-refractivity contribution in [2.75, 3.05) is 16.8 Å². The van der Waals surface area contributed by atoms with Crippen molar-refractivity contribution in [3.8, 4) is 22.8 Å². The second-order valence-electron chi connectivity index (χ2n) is 8.38. The Morgan fingerprint density at radius 1 is 1.08 bits per heavy atom. The van der Waals surface area contributed by atoms with Gasteiger partial charge in [-0.05, 0) is 24.6 Å². The number of anilines is 2. The Bertz CT molecular complexity index is 1430. The standard InChI is InChI=1S/C25H22F3N7O/c1-3-29-21-18(5-4-10-30-21)22-31-12-17-11-20(36)35(24(17)33-22)13-15-6-8-16(9-7-15)23-32-19(14-34(23)2)25(26,27)28/h4-10,12,14H,3,11,13H2,1-2H3,(H,29,30). The third-order valence-corrected chi connectivity index (χ3v) is 5.85. The molecule has 1 aliphatic heterocycles. The fraction of sp³-hybridized carbons (Fsp3) is 0.240. The fourth-order valence-corrected chi connectivity index (χ4v) is 4.13. The van der Waals surface area contributed by atoms with Crippen molar-refractivity contribution in [3.05, 3.63) is 71.8 Å². The lowest BCUT2D eigenvalue weighted by Gasteiger charge is -2.17. The van der Waals surface area contributed by atoms with Crippen molar-refractivity contribution in [1.29, 1.82) is 0 Å². The summed E-state index contributed by atoms with van der Waals surface area (Å²) in [6.07, 6.45) is 0.00560. The first-order valence-corrected chi connectivity index (χ1v) is 11.3. The van der Waals surface area contributed by atoms with Crippen LogP contribution in [-0.4, -0.2) is 37.0 Å². The van der Waals surface area contributed by atoms with Crippen LogP contribution in [0.3, 0.4) is 0 Å². The van der Waals surface area contributed by atoms with Crippen molar-refractivity contribution >= 4 is 17.5 Å². The number of pyridine rings is 1. The van der Waals surface area contributed by atoms with E-state index in [4.69, 9.17) is 4.98 Å². The van der Waals surface area contributed by atoms with Gasteiger partial charge in [-0.15, -0.1) is 0 Å². The van der Waals surface area contributed by atoms with Gasteiger partial charge in [0, 0.05) is 43.3 Å². The highest BCUT2D eigenvalue weighted by atomic mass is 19.4. The number of aryl methyl sites for hydroxylation is 1. The second-order valence-corrected chi connectivity index (χ2v) is 8.38. The van der Waals surface area contributed by atoms with Crippen molar-refractivity contribution in [2.45, 2.75) is 26.1 Å². The van der Waals surface area contributed by atoms with E-state index in [0.29, 0.717) is 29.6 Å². The van der Waals surface area contributed by atoms with Crippen LogP contribution in [0.2, 0.25) is 0 Å². The number of aromatic nitrogens is 5. The summed E-state index contributed by atoms with van der Waals surface area (Å²) in [6.45, 7) is 2.92. The number of nitrogens with one attached hydrogen (secondary N) is 1. The topological polar surface area (TPSA) is 88.8 Å². The number of rotatable bonds is 6. The maximum Gasteiger partial charge on any atom is 0.434 e. The van der Waals surface area contributed by atoms with Crippen LogP contribution < -0.4 is 10.2 Å². The first kappa shape index (κ1) is 23.5. The molecule has 4 aromatic rings.